The number of likely N-dealkylation sites (tertiary alicyclic amines) is 1. The topological polar surface area (TPSA) is 15.3 Å². The smallest absolute Gasteiger partial charge is 0.0198 e. The van der Waals surface area contributed by atoms with E-state index < -0.39 is 0 Å². The third-order valence-corrected chi connectivity index (χ3v) is 4.06. The van der Waals surface area contributed by atoms with Crippen LogP contribution >= 0.6 is 0 Å². The van der Waals surface area contributed by atoms with E-state index in [2.05, 4.69) is 44.8 Å². The highest BCUT2D eigenvalue weighted by Gasteiger charge is 2.23. The van der Waals surface area contributed by atoms with E-state index in [1.54, 1.807) is 0 Å². The molecule has 1 heterocycles. The fourth-order valence-corrected chi connectivity index (χ4v) is 3.08. The maximum atomic E-state index is 3.75. The Morgan fingerprint density at radius 2 is 1.79 bits per heavy atom. The first-order chi connectivity index (χ1) is 8.97. The highest BCUT2D eigenvalue weighted by atomic mass is 15.2. The van der Waals surface area contributed by atoms with Gasteiger partial charge in [-0.25, -0.2) is 0 Å². The van der Waals surface area contributed by atoms with Crippen LogP contribution in [0.25, 0.3) is 0 Å². The van der Waals surface area contributed by atoms with Gasteiger partial charge in [-0.2, -0.15) is 0 Å². The second-order valence-corrected chi connectivity index (χ2v) is 7.49. The predicted molar refractivity (Wildman–Crippen MR) is 85.5 cm³/mol. The molecule has 2 unspecified atom stereocenters. The Balaban J connectivity index is 2.22. The summed E-state index contributed by atoms with van der Waals surface area (Å²) in [6, 6.07) is 0.719. The van der Waals surface area contributed by atoms with Crippen LogP contribution in [0.2, 0.25) is 0 Å². The lowest BCUT2D eigenvalue weighted by molar-refractivity contribution is 0.144. The van der Waals surface area contributed by atoms with Gasteiger partial charge in [-0.15, -0.1) is 0 Å². The Morgan fingerprint density at radius 1 is 1.05 bits per heavy atom. The van der Waals surface area contributed by atoms with Crippen LogP contribution in [-0.4, -0.2) is 37.1 Å². The first-order valence-corrected chi connectivity index (χ1v) is 8.43. The molecule has 0 aromatic heterocycles. The van der Waals surface area contributed by atoms with E-state index in [9.17, 15) is 0 Å². The Kier molecular flexibility index (Phi) is 8.01. The summed E-state index contributed by atoms with van der Waals surface area (Å²) in [5, 5.41) is 3.75. The maximum Gasteiger partial charge on any atom is 0.0198 e. The van der Waals surface area contributed by atoms with E-state index in [1.807, 2.05) is 0 Å². The van der Waals surface area contributed by atoms with E-state index in [1.165, 1.54) is 51.9 Å². The summed E-state index contributed by atoms with van der Waals surface area (Å²) in [5.74, 6) is 2.47. The van der Waals surface area contributed by atoms with Crippen LogP contribution < -0.4 is 5.32 Å². The fourth-order valence-electron chi connectivity index (χ4n) is 3.08. The van der Waals surface area contributed by atoms with Gasteiger partial charge in [0.05, 0.1) is 0 Å². The third kappa shape index (κ3) is 7.94. The summed E-state index contributed by atoms with van der Waals surface area (Å²) in [6.45, 7) is 16.7. The molecule has 114 valence electrons. The lowest BCUT2D eigenvalue weighted by Gasteiger charge is -2.37. The lowest BCUT2D eigenvalue weighted by atomic mass is 9.95. The van der Waals surface area contributed by atoms with Crippen molar-refractivity contribution in [2.75, 3.05) is 26.2 Å². The monoisotopic (exact) mass is 268 g/mol. The molecule has 1 aliphatic rings. The van der Waals surface area contributed by atoms with Crippen molar-refractivity contribution in [3.63, 3.8) is 0 Å². The molecule has 2 atom stereocenters. The SMILES string of the molecule is CC(C)CCCCN1CC(C)CC(NCC(C)C)C1. The van der Waals surface area contributed by atoms with Crippen molar-refractivity contribution in [1.29, 1.82) is 0 Å². The van der Waals surface area contributed by atoms with Gasteiger partial charge in [-0.1, -0.05) is 47.5 Å². The molecule has 1 rings (SSSR count). The van der Waals surface area contributed by atoms with Crippen LogP contribution in [0.5, 0.6) is 0 Å². The molecule has 0 spiro atoms. The summed E-state index contributed by atoms with van der Waals surface area (Å²) in [6.07, 6.45) is 5.52. The largest absolute Gasteiger partial charge is 0.312 e. The normalized spacial score (nSPS) is 25.4. The Bertz CT molecular complexity index is 225. The molecule has 0 bridgehead atoms. The molecule has 0 aliphatic carbocycles. The molecule has 2 nitrogen and oxygen atoms in total. The van der Waals surface area contributed by atoms with E-state index in [0.717, 1.165) is 23.8 Å². The average Bonchev–Trinajstić information content (AvgIpc) is 2.31. The average molecular weight is 268 g/mol. The van der Waals surface area contributed by atoms with Gasteiger partial charge in [0.15, 0.2) is 0 Å². The van der Waals surface area contributed by atoms with E-state index in [0.29, 0.717) is 0 Å². The van der Waals surface area contributed by atoms with Crippen LogP contribution in [0.4, 0.5) is 0 Å². The molecule has 0 radical (unpaired) electrons. The first-order valence-electron chi connectivity index (χ1n) is 8.43. The maximum absolute atomic E-state index is 3.75. The van der Waals surface area contributed by atoms with Crippen LogP contribution in [0, 0.1) is 17.8 Å². The standard InChI is InChI=1S/C17H36N2/c1-14(2)8-6-7-9-19-12-16(5)10-17(13-19)18-11-15(3)4/h14-18H,6-13H2,1-5H3. The van der Waals surface area contributed by atoms with Crippen molar-refractivity contribution in [2.24, 2.45) is 17.8 Å². The quantitative estimate of drug-likeness (QED) is 0.674. The van der Waals surface area contributed by atoms with Crippen LogP contribution in [0.15, 0.2) is 0 Å². The molecule has 0 aromatic carbocycles. The Morgan fingerprint density at radius 3 is 2.42 bits per heavy atom. The Hall–Kier alpha value is -0.0800. The van der Waals surface area contributed by atoms with Gasteiger partial charge in [-0.05, 0) is 43.7 Å². The van der Waals surface area contributed by atoms with Crippen LogP contribution in [0.1, 0.15) is 60.3 Å². The molecule has 0 amide bonds. The predicted octanol–water partition coefficient (Wildman–Crippen LogP) is 3.77. The zero-order chi connectivity index (χ0) is 14.3. The molecular formula is C17H36N2. The summed E-state index contributed by atoms with van der Waals surface area (Å²) in [4.78, 5) is 2.69. The van der Waals surface area contributed by atoms with Gasteiger partial charge in [0.2, 0.25) is 0 Å². The molecule has 0 saturated carbocycles. The first kappa shape index (κ1) is 17.0. The number of nitrogens with zero attached hydrogens (tertiary/aromatic N) is 1. The third-order valence-electron chi connectivity index (χ3n) is 4.06. The molecule has 0 aromatic rings. The van der Waals surface area contributed by atoms with Crippen molar-refractivity contribution in [1.82, 2.24) is 10.2 Å². The van der Waals surface area contributed by atoms with Gasteiger partial charge in [0.25, 0.3) is 0 Å². The highest BCUT2D eigenvalue weighted by molar-refractivity contribution is 4.82. The van der Waals surface area contributed by atoms with Gasteiger partial charge >= 0.3 is 0 Å². The molecular weight excluding hydrogens is 232 g/mol. The van der Waals surface area contributed by atoms with Gasteiger partial charge in [0, 0.05) is 19.1 Å². The van der Waals surface area contributed by atoms with Crippen molar-refractivity contribution in [3.8, 4) is 0 Å². The number of unbranched alkanes of at least 4 members (excludes halogenated alkanes) is 1. The van der Waals surface area contributed by atoms with Crippen molar-refractivity contribution in [3.05, 3.63) is 0 Å². The van der Waals surface area contributed by atoms with Gasteiger partial charge in [0.1, 0.15) is 0 Å². The minimum Gasteiger partial charge on any atom is -0.312 e. The number of hydrogen-bond donors (Lipinski definition) is 1. The van der Waals surface area contributed by atoms with Crippen LogP contribution in [-0.2, 0) is 0 Å². The second-order valence-electron chi connectivity index (χ2n) is 7.49. The molecule has 1 fully saturated rings. The number of piperidine rings is 1. The molecule has 2 heteroatoms. The minimum absolute atomic E-state index is 0.719. The van der Waals surface area contributed by atoms with Crippen molar-refractivity contribution < 1.29 is 0 Å². The summed E-state index contributed by atoms with van der Waals surface area (Å²) >= 11 is 0. The van der Waals surface area contributed by atoms with Crippen LogP contribution in [0.3, 0.4) is 0 Å². The summed E-state index contributed by atoms with van der Waals surface area (Å²) < 4.78 is 0. The van der Waals surface area contributed by atoms with Gasteiger partial charge in [-0.3, -0.25) is 0 Å². The lowest BCUT2D eigenvalue weighted by Crippen LogP contribution is -2.49. The zero-order valence-corrected chi connectivity index (χ0v) is 13.9. The summed E-state index contributed by atoms with van der Waals surface area (Å²) in [5.41, 5.74) is 0. The molecule has 1 N–H and O–H groups in total. The van der Waals surface area contributed by atoms with Crippen molar-refractivity contribution in [2.45, 2.75) is 66.3 Å². The highest BCUT2D eigenvalue weighted by Crippen LogP contribution is 2.17. The van der Waals surface area contributed by atoms with Gasteiger partial charge < -0.3 is 10.2 Å². The number of rotatable bonds is 8. The number of nitrogens with one attached hydrogen (secondary N) is 1. The van der Waals surface area contributed by atoms with E-state index in [4.69, 9.17) is 0 Å². The van der Waals surface area contributed by atoms with E-state index >= 15 is 0 Å². The second kappa shape index (κ2) is 8.97. The number of hydrogen-bond acceptors (Lipinski definition) is 2. The molecule has 19 heavy (non-hydrogen) atoms. The summed E-state index contributed by atoms with van der Waals surface area (Å²) in [7, 11) is 0. The molecule has 1 saturated heterocycles. The fraction of sp³-hybridized carbons (Fsp3) is 1.00. The zero-order valence-electron chi connectivity index (χ0n) is 13.9. The van der Waals surface area contributed by atoms with Crippen molar-refractivity contribution >= 4 is 0 Å². The van der Waals surface area contributed by atoms with E-state index in [-0.39, 0.29) is 0 Å². The molecule has 1 aliphatic heterocycles. The minimum atomic E-state index is 0.719. The Labute approximate surface area is 121 Å².